The maximum absolute atomic E-state index is 13.0. The SMILES string of the molecule is CC(C)(C)CCN1C(=O)CCc2ccc(-c3cccc(C(F)(F)F)c3)cc21. The first kappa shape index (κ1) is 19.5. The fourth-order valence-electron chi connectivity index (χ4n) is 3.28. The van der Waals surface area contributed by atoms with Gasteiger partial charge in [-0.3, -0.25) is 4.79 Å². The van der Waals surface area contributed by atoms with Gasteiger partial charge in [-0.05, 0) is 53.1 Å². The predicted octanol–water partition coefficient (Wildman–Crippen LogP) is 6.09. The van der Waals surface area contributed by atoms with Gasteiger partial charge in [-0.15, -0.1) is 0 Å². The molecular weight excluding hydrogens is 351 g/mol. The third-order valence-corrected chi connectivity index (χ3v) is 4.89. The highest BCUT2D eigenvalue weighted by molar-refractivity contribution is 5.97. The van der Waals surface area contributed by atoms with E-state index in [-0.39, 0.29) is 11.3 Å². The number of carbonyl (C=O) groups excluding carboxylic acids is 1. The van der Waals surface area contributed by atoms with E-state index in [0.29, 0.717) is 30.5 Å². The van der Waals surface area contributed by atoms with Crippen molar-refractivity contribution >= 4 is 11.6 Å². The van der Waals surface area contributed by atoms with Crippen LogP contribution < -0.4 is 4.90 Å². The monoisotopic (exact) mass is 375 g/mol. The summed E-state index contributed by atoms with van der Waals surface area (Å²) in [5.41, 5.74) is 2.51. The second-order valence-electron chi connectivity index (χ2n) is 8.28. The standard InChI is InChI=1S/C22H24F3NO/c1-21(2,3)11-12-26-19-14-17(8-7-15(19)9-10-20(26)27)16-5-4-6-18(13-16)22(23,24)25/h4-8,13-14H,9-12H2,1-3H3. The number of fused-ring (bicyclic) bond motifs is 1. The number of nitrogens with zero attached hydrogens (tertiary/aromatic N) is 1. The lowest BCUT2D eigenvalue weighted by Crippen LogP contribution is -2.37. The van der Waals surface area contributed by atoms with Crippen LogP contribution in [0.25, 0.3) is 11.1 Å². The molecule has 0 aromatic heterocycles. The van der Waals surface area contributed by atoms with Gasteiger partial charge in [-0.1, -0.05) is 45.0 Å². The van der Waals surface area contributed by atoms with Crippen molar-refractivity contribution in [3.63, 3.8) is 0 Å². The summed E-state index contributed by atoms with van der Waals surface area (Å²) in [6.45, 7) is 6.99. The van der Waals surface area contributed by atoms with Crippen LogP contribution in [-0.2, 0) is 17.4 Å². The highest BCUT2D eigenvalue weighted by Crippen LogP contribution is 2.36. The molecule has 1 aliphatic rings. The third-order valence-electron chi connectivity index (χ3n) is 4.89. The molecule has 0 fully saturated rings. The van der Waals surface area contributed by atoms with Gasteiger partial charge in [0.05, 0.1) is 5.56 Å². The lowest BCUT2D eigenvalue weighted by atomic mass is 9.90. The number of halogens is 3. The van der Waals surface area contributed by atoms with Crippen molar-refractivity contribution < 1.29 is 18.0 Å². The molecule has 0 atom stereocenters. The van der Waals surface area contributed by atoms with Gasteiger partial charge < -0.3 is 4.90 Å². The zero-order chi connectivity index (χ0) is 19.8. The molecule has 5 heteroatoms. The minimum absolute atomic E-state index is 0.0768. The molecule has 0 aliphatic carbocycles. The fraction of sp³-hybridized carbons (Fsp3) is 0.409. The number of rotatable bonds is 3. The molecule has 0 unspecified atom stereocenters. The largest absolute Gasteiger partial charge is 0.416 e. The molecule has 0 spiro atoms. The Bertz CT molecular complexity index is 849. The van der Waals surface area contributed by atoms with Crippen LogP contribution in [0.3, 0.4) is 0 Å². The molecule has 27 heavy (non-hydrogen) atoms. The Labute approximate surface area is 158 Å². The summed E-state index contributed by atoms with van der Waals surface area (Å²) >= 11 is 0. The number of carbonyl (C=O) groups is 1. The van der Waals surface area contributed by atoms with Crippen LogP contribution in [0.15, 0.2) is 42.5 Å². The summed E-state index contributed by atoms with van der Waals surface area (Å²) in [7, 11) is 0. The Morgan fingerprint density at radius 1 is 0.963 bits per heavy atom. The first-order valence-corrected chi connectivity index (χ1v) is 9.15. The Balaban J connectivity index is 1.97. The van der Waals surface area contributed by atoms with Crippen molar-refractivity contribution in [1.82, 2.24) is 0 Å². The third kappa shape index (κ3) is 4.52. The molecule has 1 aliphatic heterocycles. The van der Waals surface area contributed by atoms with E-state index < -0.39 is 11.7 Å². The van der Waals surface area contributed by atoms with Crippen molar-refractivity contribution in [1.29, 1.82) is 0 Å². The smallest absolute Gasteiger partial charge is 0.312 e. The van der Waals surface area contributed by atoms with Crippen LogP contribution in [0.4, 0.5) is 18.9 Å². The number of anilines is 1. The molecule has 1 amide bonds. The summed E-state index contributed by atoms with van der Waals surface area (Å²) in [5, 5.41) is 0. The topological polar surface area (TPSA) is 20.3 Å². The quantitative estimate of drug-likeness (QED) is 0.636. The molecule has 0 radical (unpaired) electrons. The summed E-state index contributed by atoms with van der Waals surface area (Å²) in [6, 6.07) is 10.9. The van der Waals surface area contributed by atoms with Crippen LogP contribution in [0.2, 0.25) is 0 Å². The maximum Gasteiger partial charge on any atom is 0.416 e. The normalized spacial score (nSPS) is 15.0. The first-order valence-electron chi connectivity index (χ1n) is 9.15. The number of hydrogen-bond acceptors (Lipinski definition) is 1. The molecular formula is C22H24F3NO. The van der Waals surface area contributed by atoms with Crippen LogP contribution in [0, 0.1) is 5.41 Å². The van der Waals surface area contributed by atoms with Crippen molar-refractivity contribution in [2.24, 2.45) is 5.41 Å². The summed E-state index contributed by atoms with van der Waals surface area (Å²) in [4.78, 5) is 14.3. The maximum atomic E-state index is 13.0. The molecule has 2 aromatic carbocycles. The molecule has 0 saturated carbocycles. The van der Waals surface area contributed by atoms with Gasteiger partial charge >= 0.3 is 6.18 Å². The zero-order valence-electron chi connectivity index (χ0n) is 15.9. The van der Waals surface area contributed by atoms with Gasteiger partial charge in [-0.2, -0.15) is 13.2 Å². The van der Waals surface area contributed by atoms with Gasteiger partial charge in [0, 0.05) is 18.7 Å². The van der Waals surface area contributed by atoms with Crippen LogP contribution in [0.5, 0.6) is 0 Å². The van der Waals surface area contributed by atoms with E-state index in [9.17, 15) is 18.0 Å². The van der Waals surface area contributed by atoms with Crippen LogP contribution in [0.1, 0.15) is 44.7 Å². The Morgan fingerprint density at radius 2 is 1.67 bits per heavy atom. The van der Waals surface area contributed by atoms with Gasteiger partial charge in [-0.25, -0.2) is 0 Å². The number of amides is 1. The Morgan fingerprint density at radius 3 is 2.33 bits per heavy atom. The van der Waals surface area contributed by atoms with E-state index >= 15 is 0 Å². The molecule has 1 heterocycles. The Kier molecular flexibility index (Phi) is 5.06. The lowest BCUT2D eigenvalue weighted by Gasteiger charge is -2.32. The van der Waals surface area contributed by atoms with E-state index in [4.69, 9.17) is 0 Å². The molecule has 0 bridgehead atoms. The lowest BCUT2D eigenvalue weighted by molar-refractivity contribution is -0.137. The van der Waals surface area contributed by atoms with E-state index in [1.807, 2.05) is 18.2 Å². The second-order valence-corrected chi connectivity index (χ2v) is 8.28. The number of aryl methyl sites for hydroxylation is 1. The number of hydrogen-bond donors (Lipinski definition) is 0. The van der Waals surface area contributed by atoms with Crippen LogP contribution >= 0.6 is 0 Å². The predicted molar refractivity (Wildman–Crippen MR) is 102 cm³/mol. The summed E-state index contributed by atoms with van der Waals surface area (Å²) in [5.74, 6) is 0.0768. The van der Waals surface area contributed by atoms with Crippen molar-refractivity contribution in [2.75, 3.05) is 11.4 Å². The average Bonchev–Trinajstić information content (AvgIpc) is 2.59. The molecule has 0 N–H and O–H groups in total. The molecule has 2 nitrogen and oxygen atoms in total. The van der Waals surface area contributed by atoms with Crippen molar-refractivity contribution in [3.05, 3.63) is 53.6 Å². The fourth-order valence-corrected chi connectivity index (χ4v) is 3.28. The summed E-state index contributed by atoms with van der Waals surface area (Å²) in [6.07, 6.45) is -2.38. The molecule has 0 saturated heterocycles. The van der Waals surface area contributed by atoms with Crippen molar-refractivity contribution in [2.45, 2.75) is 46.2 Å². The zero-order valence-corrected chi connectivity index (χ0v) is 15.9. The average molecular weight is 375 g/mol. The number of alkyl halides is 3. The van der Waals surface area contributed by atoms with E-state index in [0.717, 1.165) is 29.8 Å². The highest BCUT2D eigenvalue weighted by Gasteiger charge is 2.31. The Hall–Kier alpha value is -2.30. The first-order chi connectivity index (χ1) is 12.5. The van der Waals surface area contributed by atoms with Gasteiger partial charge in [0.25, 0.3) is 0 Å². The van der Waals surface area contributed by atoms with E-state index in [1.165, 1.54) is 6.07 Å². The van der Waals surface area contributed by atoms with Gasteiger partial charge in [0.1, 0.15) is 0 Å². The molecule has 3 rings (SSSR count). The molecule has 144 valence electrons. The van der Waals surface area contributed by atoms with E-state index in [1.54, 1.807) is 11.0 Å². The minimum Gasteiger partial charge on any atom is -0.312 e. The minimum atomic E-state index is -4.38. The highest BCUT2D eigenvalue weighted by atomic mass is 19.4. The second kappa shape index (κ2) is 7.02. The van der Waals surface area contributed by atoms with E-state index in [2.05, 4.69) is 20.8 Å². The van der Waals surface area contributed by atoms with Gasteiger partial charge in [0.2, 0.25) is 5.91 Å². The summed E-state index contributed by atoms with van der Waals surface area (Å²) < 4.78 is 39.1. The molecule has 2 aromatic rings. The number of benzene rings is 2. The van der Waals surface area contributed by atoms with Crippen molar-refractivity contribution in [3.8, 4) is 11.1 Å². The van der Waals surface area contributed by atoms with Gasteiger partial charge in [0.15, 0.2) is 0 Å². The van der Waals surface area contributed by atoms with Crippen LogP contribution in [-0.4, -0.2) is 12.5 Å².